The molecular formula is C18H20N2O2. The molecule has 22 heavy (non-hydrogen) atoms. The maximum absolute atomic E-state index is 12.4. The monoisotopic (exact) mass is 296 g/mol. The molecule has 0 bridgehead atoms. The van der Waals surface area contributed by atoms with Gasteiger partial charge < -0.3 is 14.6 Å². The minimum absolute atomic E-state index is 0.242. The van der Waals surface area contributed by atoms with Crippen molar-refractivity contribution in [2.75, 3.05) is 6.54 Å². The average molecular weight is 296 g/mol. The Bertz CT molecular complexity index is 640. The number of likely N-dealkylation sites (tertiary alicyclic amines) is 1. The molecule has 1 fully saturated rings. The molecule has 0 radical (unpaired) electrons. The molecule has 4 rings (SSSR count). The van der Waals surface area contributed by atoms with Gasteiger partial charge in [-0.2, -0.15) is 0 Å². The van der Waals surface area contributed by atoms with Gasteiger partial charge in [-0.15, -0.1) is 0 Å². The normalized spacial score (nSPS) is 21.5. The summed E-state index contributed by atoms with van der Waals surface area (Å²) in [6.07, 6.45) is 6.02. The largest absolute Gasteiger partial charge is 0.472 e. The lowest BCUT2D eigenvalue weighted by Crippen LogP contribution is -2.39. The molecule has 114 valence electrons. The fourth-order valence-corrected chi connectivity index (χ4v) is 3.63. The summed E-state index contributed by atoms with van der Waals surface area (Å²) in [4.78, 5) is 14.4. The summed E-state index contributed by atoms with van der Waals surface area (Å²) in [5, 5.41) is 3.47. The van der Waals surface area contributed by atoms with E-state index in [4.69, 9.17) is 4.42 Å². The maximum atomic E-state index is 12.4. The summed E-state index contributed by atoms with van der Waals surface area (Å²) in [6, 6.07) is 11.1. The molecule has 1 N–H and O–H groups in total. The first-order valence-corrected chi connectivity index (χ1v) is 7.90. The zero-order chi connectivity index (χ0) is 14.9. The SMILES string of the molecule is O=C1CC(NCc2ccoc2)CN1C1Cc2ccccc2C1. The molecule has 4 heteroatoms. The van der Waals surface area contributed by atoms with E-state index in [0.717, 1.165) is 31.5 Å². The van der Waals surface area contributed by atoms with Gasteiger partial charge in [0.2, 0.25) is 5.91 Å². The van der Waals surface area contributed by atoms with E-state index in [1.165, 1.54) is 11.1 Å². The Morgan fingerprint density at radius 3 is 2.59 bits per heavy atom. The van der Waals surface area contributed by atoms with Gasteiger partial charge in [0, 0.05) is 37.2 Å². The molecule has 1 aromatic heterocycles. The third-order valence-corrected chi connectivity index (χ3v) is 4.80. The molecular weight excluding hydrogens is 276 g/mol. The topological polar surface area (TPSA) is 45.5 Å². The molecule has 1 aliphatic heterocycles. The molecule has 1 amide bonds. The maximum Gasteiger partial charge on any atom is 0.224 e. The molecule has 0 saturated carbocycles. The van der Waals surface area contributed by atoms with Gasteiger partial charge in [-0.1, -0.05) is 24.3 Å². The molecule has 1 saturated heterocycles. The van der Waals surface area contributed by atoms with Crippen molar-refractivity contribution in [2.24, 2.45) is 0 Å². The van der Waals surface area contributed by atoms with E-state index in [0.29, 0.717) is 12.5 Å². The van der Waals surface area contributed by atoms with Gasteiger partial charge >= 0.3 is 0 Å². The minimum atomic E-state index is 0.242. The van der Waals surface area contributed by atoms with Crippen molar-refractivity contribution in [2.45, 2.75) is 37.9 Å². The second-order valence-electron chi connectivity index (χ2n) is 6.29. The van der Waals surface area contributed by atoms with Crippen LogP contribution in [0.5, 0.6) is 0 Å². The molecule has 1 unspecified atom stereocenters. The van der Waals surface area contributed by atoms with Gasteiger partial charge in [0.05, 0.1) is 12.5 Å². The van der Waals surface area contributed by atoms with Crippen LogP contribution in [0.4, 0.5) is 0 Å². The molecule has 1 aliphatic carbocycles. The van der Waals surface area contributed by atoms with E-state index in [1.807, 2.05) is 6.07 Å². The van der Waals surface area contributed by atoms with Crippen molar-refractivity contribution in [3.8, 4) is 0 Å². The number of furan rings is 1. The third-order valence-electron chi connectivity index (χ3n) is 4.80. The van der Waals surface area contributed by atoms with Gasteiger partial charge in [-0.3, -0.25) is 4.79 Å². The minimum Gasteiger partial charge on any atom is -0.472 e. The third kappa shape index (κ3) is 2.55. The van der Waals surface area contributed by atoms with E-state index in [1.54, 1.807) is 12.5 Å². The van der Waals surface area contributed by atoms with Crippen molar-refractivity contribution in [3.63, 3.8) is 0 Å². The fraction of sp³-hybridized carbons (Fsp3) is 0.389. The van der Waals surface area contributed by atoms with Crippen molar-refractivity contribution >= 4 is 5.91 Å². The Kier molecular flexibility index (Phi) is 3.47. The van der Waals surface area contributed by atoms with E-state index in [2.05, 4.69) is 34.5 Å². The number of amides is 1. The fourth-order valence-electron chi connectivity index (χ4n) is 3.63. The van der Waals surface area contributed by atoms with Crippen molar-refractivity contribution in [3.05, 3.63) is 59.5 Å². The van der Waals surface area contributed by atoms with E-state index in [-0.39, 0.29) is 11.9 Å². The molecule has 2 aliphatic rings. The van der Waals surface area contributed by atoms with E-state index in [9.17, 15) is 4.79 Å². The van der Waals surface area contributed by atoms with Crippen molar-refractivity contribution in [1.82, 2.24) is 10.2 Å². The Hall–Kier alpha value is -2.07. The van der Waals surface area contributed by atoms with Gasteiger partial charge in [-0.25, -0.2) is 0 Å². The van der Waals surface area contributed by atoms with Crippen LogP contribution in [0.2, 0.25) is 0 Å². The number of benzene rings is 1. The summed E-state index contributed by atoms with van der Waals surface area (Å²) >= 11 is 0. The van der Waals surface area contributed by atoms with Crippen LogP contribution < -0.4 is 5.32 Å². The second kappa shape index (κ2) is 5.61. The summed E-state index contributed by atoms with van der Waals surface area (Å²) in [5.41, 5.74) is 3.92. The number of rotatable bonds is 4. The Labute approximate surface area is 130 Å². The van der Waals surface area contributed by atoms with Crippen molar-refractivity contribution < 1.29 is 9.21 Å². The first-order valence-electron chi connectivity index (χ1n) is 7.90. The number of carbonyl (C=O) groups excluding carboxylic acids is 1. The number of hydrogen-bond acceptors (Lipinski definition) is 3. The Morgan fingerprint density at radius 1 is 1.14 bits per heavy atom. The van der Waals surface area contributed by atoms with Crippen LogP contribution in [0.3, 0.4) is 0 Å². The number of fused-ring (bicyclic) bond motifs is 1. The van der Waals surface area contributed by atoms with Crippen LogP contribution >= 0.6 is 0 Å². The summed E-state index contributed by atoms with van der Waals surface area (Å²) in [6.45, 7) is 1.57. The first kappa shape index (κ1) is 13.6. The number of hydrogen-bond donors (Lipinski definition) is 1. The predicted octanol–water partition coefficient (Wildman–Crippen LogP) is 2.14. The highest BCUT2D eigenvalue weighted by Crippen LogP contribution is 2.28. The number of nitrogens with zero attached hydrogens (tertiary/aromatic N) is 1. The zero-order valence-electron chi connectivity index (χ0n) is 12.5. The van der Waals surface area contributed by atoms with Crippen LogP contribution in [-0.2, 0) is 24.2 Å². The second-order valence-corrected chi connectivity index (χ2v) is 6.29. The lowest BCUT2D eigenvalue weighted by molar-refractivity contribution is -0.129. The molecule has 4 nitrogen and oxygen atoms in total. The molecule has 0 spiro atoms. The first-order chi connectivity index (χ1) is 10.8. The van der Waals surface area contributed by atoms with Crippen LogP contribution in [0, 0.1) is 0 Å². The lowest BCUT2D eigenvalue weighted by Gasteiger charge is -2.24. The van der Waals surface area contributed by atoms with E-state index < -0.39 is 0 Å². The quantitative estimate of drug-likeness (QED) is 0.940. The smallest absolute Gasteiger partial charge is 0.224 e. The summed E-state index contributed by atoms with van der Waals surface area (Å²) in [5.74, 6) is 0.280. The van der Waals surface area contributed by atoms with Crippen LogP contribution in [0.25, 0.3) is 0 Å². The number of nitrogens with one attached hydrogen (secondary N) is 1. The van der Waals surface area contributed by atoms with Crippen LogP contribution in [-0.4, -0.2) is 29.4 Å². The molecule has 1 atom stereocenters. The van der Waals surface area contributed by atoms with E-state index >= 15 is 0 Å². The Balaban J connectivity index is 1.37. The lowest BCUT2D eigenvalue weighted by atomic mass is 10.1. The van der Waals surface area contributed by atoms with Crippen molar-refractivity contribution in [1.29, 1.82) is 0 Å². The molecule has 2 aromatic rings. The molecule has 1 aromatic carbocycles. The van der Waals surface area contributed by atoms with Gasteiger partial charge in [0.25, 0.3) is 0 Å². The Morgan fingerprint density at radius 2 is 1.91 bits per heavy atom. The van der Waals surface area contributed by atoms with Gasteiger partial charge in [0.15, 0.2) is 0 Å². The zero-order valence-corrected chi connectivity index (χ0v) is 12.5. The van der Waals surface area contributed by atoms with Crippen LogP contribution in [0.1, 0.15) is 23.1 Å². The van der Waals surface area contributed by atoms with Crippen LogP contribution in [0.15, 0.2) is 47.3 Å². The standard InChI is InChI=1S/C18H20N2O2/c21-18-9-16(19-10-13-5-6-22-12-13)11-20(18)17-7-14-3-1-2-4-15(14)8-17/h1-6,12,16-17,19H,7-11H2. The predicted molar refractivity (Wildman–Crippen MR) is 83.3 cm³/mol. The highest BCUT2D eigenvalue weighted by molar-refractivity contribution is 5.79. The highest BCUT2D eigenvalue weighted by atomic mass is 16.3. The number of carbonyl (C=O) groups is 1. The molecule has 2 heterocycles. The highest BCUT2D eigenvalue weighted by Gasteiger charge is 2.36. The van der Waals surface area contributed by atoms with Gasteiger partial charge in [-0.05, 0) is 30.0 Å². The summed E-state index contributed by atoms with van der Waals surface area (Å²) in [7, 11) is 0. The average Bonchev–Trinajstić information content (AvgIpc) is 3.24. The summed E-state index contributed by atoms with van der Waals surface area (Å²) < 4.78 is 5.07. The van der Waals surface area contributed by atoms with Gasteiger partial charge in [0.1, 0.15) is 0 Å².